The van der Waals surface area contributed by atoms with Crippen LogP contribution in [0.15, 0.2) is 29.9 Å². The first-order valence-corrected chi connectivity index (χ1v) is 7.42. The molecule has 0 aliphatic rings. The van der Waals surface area contributed by atoms with Gasteiger partial charge in [-0.1, -0.05) is 6.07 Å². The van der Waals surface area contributed by atoms with Gasteiger partial charge in [-0.2, -0.15) is 0 Å². The first-order valence-electron chi connectivity index (χ1n) is 6.54. The maximum atomic E-state index is 10.0. The smallest absolute Gasteiger partial charge is 0.150 e. The van der Waals surface area contributed by atoms with Crippen LogP contribution < -0.4 is 0 Å². The number of imidazole rings is 1. The van der Waals surface area contributed by atoms with Gasteiger partial charge < -0.3 is 19.1 Å². The molecule has 2 unspecified atom stereocenters. The third-order valence-corrected chi connectivity index (χ3v) is 3.70. The summed E-state index contributed by atoms with van der Waals surface area (Å²) in [6.45, 7) is 3.20. The zero-order valence-electron chi connectivity index (χ0n) is 11.7. The molecule has 0 fully saturated rings. The van der Waals surface area contributed by atoms with E-state index in [2.05, 4.69) is 4.98 Å². The summed E-state index contributed by atoms with van der Waals surface area (Å²) in [5.74, 6) is 0.879. The number of rotatable bonds is 8. The van der Waals surface area contributed by atoms with Crippen molar-refractivity contribution >= 4 is 11.3 Å². The standard InChI is InChI=1S/C14H20N2O3S/c1-11(9-18-2)19-10-12(17)8-16-6-5-15-14(16)13-4-3-7-20-13/h3-7,11-12,17H,8-10H2,1-2H3. The lowest BCUT2D eigenvalue weighted by Crippen LogP contribution is -2.26. The number of ether oxygens (including phenoxy) is 2. The van der Waals surface area contributed by atoms with E-state index in [1.54, 1.807) is 24.6 Å². The second-order valence-corrected chi connectivity index (χ2v) is 5.58. The molecule has 0 aromatic carbocycles. The number of thiophene rings is 1. The van der Waals surface area contributed by atoms with Crippen molar-refractivity contribution in [2.75, 3.05) is 20.3 Å². The summed E-state index contributed by atoms with van der Waals surface area (Å²) < 4.78 is 12.5. The fourth-order valence-electron chi connectivity index (χ4n) is 1.93. The van der Waals surface area contributed by atoms with Crippen molar-refractivity contribution in [3.63, 3.8) is 0 Å². The van der Waals surface area contributed by atoms with E-state index in [9.17, 15) is 5.11 Å². The largest absolute Gasteiger partial charge is 0.389 e. The van der Waals surface area contributed by atoms with Crippen molar-refractivity contribution in [2.45, 2.75) is 25.7 Å². The molecule has 6 heteroatoms. The molecule has 0 aliphatic carbocycles. The molecule has 1 N–H and O–H groups in total. The average molecular weight is 296 g/mol. The van der Waals surface area contributed by atoms with Gasteiger partial charge in [-0.15, -0.1) is 11.3 Å². The van der Waals surface area contributed by atoms with E-state index in [0.29, 0.717) is 13.2 Å². The van der Waals surface area contributed by atoms with Gasteiger partial charge in [-0.25, -0.2) is 4.98 Å². The molecule has 2 rings (SSSR count). The van der Waals surface area contributed by atoms with E-state index < -0.39 is 6.10 Å². The van der Waals surface area contributed by atoms with Gasteiger partial charge in [0.2, 0.25) is 0 Å². The summed E-state index contributed by atoms with van der Waals surface area (Å²) in [5, 5.41) is 12.1. The minimum Gasteiger partial charge on any atom is -0.389 e. The zero-order valence-corrected chi connectivity index (χ0v) is 12.5. The normalized spacial score (nSPS) is 14.3. The number of aliphatic hydroxyl groups is 1. The Labute approximate surface area is 122 Å². The molecule has 0 radical (unpaired) electrons. The Hall–Kier alpha value is -1.21. The molecule has 0 saturated heterocycles. The first-order chi connectivity index (χ1) is 9.70. The highest BCUT2D eigenvalue weighted by Crippen LogP contribution is 2.22. The lowest BCUT2D eigenvalue weighted by atomic mass is 10.3. The Morgan fingerprint density at radius 3 is 3.00 bits per heavy atom. The number of nitrogens with zero attached hydrogens (tertiary/aromatic N) is 2. The topological polar surface area (TPSA) is 56.5 Å². The molecule has 2 atom stereocenters. The SMILES string of the molecule is COCC(C)OCC(O)Cn1ccnc1-c1cccs1. The molecule has 0 spiro atoms. The van der Waals surface area contributed by atoms with Crippen molar-refractivity contribution < 1.29 is 14.6 Å². The second kappa shape index (κ2) is 7.54. The summed E-state index contributed by atoms with van der Waals surface area (Å²) in [5.41, 5.74) is 0. The molecule has 2 aromatic rings. The Morgan fingerprint density at radius 2 is 2.30 bits per heavy atom. The van der Waals surface area contributed by atoms with Crippen LogP contribution in [0, 0.1) is 0 Å². The summed E-state index contributed by atoms with van der Waals surface area (Å²) in [6, 6.07) is 4.01. The molecule has 0 aliphatic heterocycles. The molecule has 2 heterocycles. The van der Waals surface area contributed by atoms with Crippen LogP contribution >= 0.6 is 11.3 Å². The third-order valence-electron chi connectivity index (χ3n) is 2.84. The molecule has 0 saturated carbocycles. The van der Waals surface area contributed by atoms with E-state index in [4.69, 9.17) is 9.47 Å². The van der Waals surface area contributed by atoms with Gasteiger partial charge in [0.15, 0.2) is 0 Å². The minimum absolute atomic E-state index is 0.0193. The number of aliphatic hydroxyl groups excluding tert-OH is 1. The molecule has 110 valence electrons. The van der Waals surface area contributed by atoms with Crippen LogP contribution in [0.25, 0.3) is 10.7 Å². The van der Waals surface area contributed by atoms with E-state index >= 15 is 0 Å². The molecule has 5 nitrogen and oxygen atoms in total. The van der Waals surface area contributed by atoms with Crippen molar-refractivity contribution in [1.29, 1.82) is 0 Å². The Morgan fingerprint density at radius 1 is 1.45 bits per heavy atom. The Kier molecular flexibility index (Phi) is 5.72. The van der Waals surface area contributed by atoms with E-state index in [1.807, 2.05) is 35.2 Å². The van der Waals surface area contributed by atoms with Crippen molar-refractivity contribution in [1.82, 2.24) is 9.55 Å². The van der Waals surface area contributed by atoms with Gasteiger partial charge in [-0.05, 0) is 18.4 Å². The summed E-state index contributed by atoms with van der Waals surface area (Å²) in [4.78, 5) is 5.43. The number of hydrogen-bond donors (Lipinski definition) is 1. The highest BCUT2D eigenvalue weighted by molar-refractivity contribution is 7.13. The molecule has 20 heavy (non-hydrogen) atoms. The average Bonchev–Trinajstić information content (AvgIpc) is 3.07. The summed E-state index contributed by atoms with van der Waals surface area (Å²) in [6.07, 6.45) is 3.03. The number of hydrogen-bond acceptors (Lipinski definition) is 5. The van der Waals surface area contributed by atoms with Crippen molar-refractivity contribution in [3.05, 3.63) is 29.9 Å². The van der Waals surface area contributed by atoms with Crippen LogP contribution in [-0.2, 0) is 16.0 Å². The quantitative estimate of drug-likeness (QED) is 0.810. The fourth-order valence-corrected chi connectivity index (χ4v) is 2.66. The molecule has 2 aromatic heterocycles. The zero-order chi connectivity index (χ0) is 14.4. The second-order valence-electron chi connectivity index (χ2n) is 4.63. The predicted octanol–water partition coefficient (Wildman–Crippen LogP) is 2.02. The monoisotopic (exact) mass is 296 g/mol. The molecular formula is C14H20N2O3S. The van der Waals surface area contributed by atoms with Crippen molar-refractivity contribution in [3.8, 4) is 10.7 Å². The maximum Gasteiger partial charge on any atom is 0.150 e. The summed E-state index contributed by atoms with van der Waals surface area (Å²) >= 11 is 1.63. The van der Waals surface area contributed by atoms with Gasteiger partial charge in [0.1, 0.15) is 5.82 Å². The van der Waals surface area contributed by atoms with Gasteiger partial charge in [0, 0.05) is 19.5 Å². The summed E-state index contributed by atoms with van der Waals surface area (Å²) in [7, 11) is 1.63. The van der Waals surface area contributed by atoms with Gasteiger partial charge in [-0.3, -0.25) is 0 Å². The molecular weight excluding hydrogens is 276 g/mol. The minimum atomic E-state index is -0.567. The van der Waals surface area contributed by atoms with E-state index in [-0.39, 0.29) is 12.7 Å². The molecule has 0 amide bonds. The lowest BCUT2D eigenvalue weighted by Gasteiger charge is -2.17. The Balaban J connectivity index is 1.89. The maximum absolute atomic E-state index is 10.0. The van der Waals surface area contributed by atoms with Crippen molar-refractivity contribution in [2.24, 2.45) is 0 Å². The number of aromatic nitrogens is 2. The molecule has 0 bridgehead atoms. The fraction of sp³-hybridized carbons (Fsp3) is 0.500. The highest BCUT2D eigenvalue weighted by Gasteiger charge is 2.12. The van der Waals surface area contributed by atoms with Crippen LogP contribution in [0.4, 0.5) is 0 Å². The van der Waals surface area contributed by atoms with E-state index in [1.165, 1.54) is 0 Å². The predicted molar refractivity (Wildman–Crippen MR) is 78.8 cm³/mol. The van der Waals surface area contributed by atoms with E-state index in [0.717, 1.165) is 10.7 Å². The Bertz CT molecular complexity index is 498. The number of methoxy groups -OCH3 is 1. The highest BCUT2D eigenvalue weighted by atomic mass is 32.1. The van der Waals surface area contributed by atoms with Crippen LogP contribution in [0.2, 0.25) is 0 Å². The van der Waals surface area contributed by atoms with Crippen LogP contribution in [0.3, 0.4) is 0 Å². The van der Waals surface area contributed by atoms with Crippen LogP contribution in [0.5, 0.6) is 0 Å². The van der Waals surface area contributed by atoms with Gasteiger partial charge in [0.05, 0.1) is 36.8 Å². The van der Waals surface area contributed by atoms with Crippen LogP contribution in [0.1, 0.15) is 6.92 Å². The first kappa shape index (κ1) is 15.2. The van der Waals surface area contributed by atoms with Gasteiger partial charge in [0.25, 0.3) is 0 Å². The van der Waals surface area contributed by atoms with Crippen LogP contribution in [-0.4, -0.2) is 47.2 Å². The van der Waals surface area contributed by atoms with Gasteiger partial charge >= 0.3 is 0 Å². The lowest BCUT2D eigenvalue weighted by molar-refractivity contribution is -0.0355. The third kappa shape index (κ3) is 4.14.